The summed E-state index contributed by atoms with van der Waals surface area (Å²) in [6, 6.07) is 12.1. The van der Waals surface area contributed by atoms with Crippen molar-refractivity contribution in [1.29, 1.82) is 0 Å². The molecule has 0 fully saturated rings. The van der Waals surface area contributed by atoms with E-state index in [2.05, 4.69) is 23.6 Å². The van der Waals surface area contributed by atoms with Crippen molar-refractivity contribution < 1.29 is 9.63 Å². The minimum absolute atomic E-state index is 0.309. The van der Waals surface area contributed by atoms with Gasteiger partial charge in [0.25, 0.3) is 0 Å². The maximum atomic E-state index is 13.8. The monoisotopic (exact) mass is 458 g/mol. The van der Waals surface area contributed by atoms with E-state index in [4.69, 9.17) is 15.6 Å². The number of benzene rings is 2. The number of aryl methyl sites for hydroxylation is 3. The Hall–Kier alpha value is -3.45. The van der Waals surface area contributed by atoms with Gasteiger partial charge in [-0.25, -0.2) is 9.78 Å². The second-order valence-electron chi connectivity index (χ2n) is 8.95. The molecule has 0 saturated carbocycles. The van der Waals surface area contributed by atoms with Crippen LogP contribution in [0, 0.1) is 0 Å². The van der Waals surface area contributed by atoms with Gasteiger partial charge in [0, 0.05) is 35.6 Å². The zero-order valence-electron chi connectivity index (χ0n) is 19.8. The summed E-state index contributed by atoms with van der Waals surface area (Å²) < 4.78 is 3.38. The first kappa shape index (κ1) is 22.3. The summed E-state index contributed by atoms with van der Waals surface area (Å²) in [6.07, 6.45) is 5.77. The molecule has 0 aliphatic heterocycles. The molecular weight excluding hydrogens is 428 g/mol. The van der Waals surface area contributed by atoms with Gasteiger partial charge in [-0.1, -0.05) is 25.1 Å². The van der Waals surface area contributed by atoms with Crippen molar-refractivity contribution in [3.63, 3.8) is 0 Å². The normalized spacial score (nSPS) is 13.4. The second-order valence-corrected chi connectivity index (χ2v) is 8.95. The lowest BCUT2D eigenvalue weighted by atomic mass is 9.91. The van der Waals surface area contributed by atoms with Gasteiger partial charge in [-0.15, -0.1) is 4.73 Å². The van der Waals surface area contributed by atoms with Gasteiger partial charge in [0.05, 0.1) is 5.52 Å². The topological polar surface area (TPSA) is 92.1 Å². The average Bonchev–Trinajstić information content (AvgIpc) is 3.16. The summed E-state index contributed by atoms with van der Waals surface area (Å²) in [4.78, 5) is 36.2. The van der Waals surface area contributed by atoms with Crippen LogP contribution in [0.3, 0.4) is 0 Å². The van der Waals surface area contributed by atoms with Gasteiger partial charge in [0.2, 0.25) is 0 Å². The molecular formula is C27H30N4O3. The summed E-state index contributed by atoms with van der Waals surface area (Å²) in [7, 11) is 0. The van der Waals surface area contributed by atoms with Crippen molar-refractivity contribution in [2.24, 2.45) is 5.73 Å². The van der Waals surface area contributed by atoms with Gasteiger partial charge >= 0.3 is 11.5 Å². The molecule has 7 nitrogen and oxygen atoms in total. The van der Waals surface area contributed by atoms with E-state index >= 15 is 0 Å². The van der Waals surface area contributed by atoms with E-state index in [1.807, 2.05) is 24.3 Å². The number of nitrogens with zero attached hydrogens (tertiary/aromatic N) is 3. The number of carbonyl (C=O) groups excluding carboxylic acids is 1. The fourth-order valence-corrected chi connectivity index (χ4v) is 5.26. The highest BCUT2D eigenvalue weighted by molar-refractivity contribution is 5.98. The molecule has 0 amide bonds. The van der Waals surface area contributed by atoms with Crippen LogP contribution in [-0.2, 0) is 30.6 Å². The van der Waals surface area contributed by atoms with Crippen LogP contribution in [0.25, 0.3) is 33.2 Å². The van der Waals surface area contributed by atoms with Crippen LogP contribution >= 0.6 is 0 Å². The number of nitrogens with two attached hydrogens (primary N) is 1. The van der Waals surface area contributed by atoms with E-state index in [-0.39, 0.29) is 0 Å². The van der Waals surface area contributed by atoms with Crippen molar-refractivity contribution >= 4 is 27.9 Å². The van der Waals surface area contributed by atoms with Crippen LogP contribution in [-0.4, -0.2) is 26.8 Å². The molecule has 176 valence electrons. The standard InChI is InChI=1S/C27H30N4O3/c1-3-22-25(20-11-6-7-12-23(20)30(22)14-8-13-28)26-27(33)31(34-17(2)32)24-16-19-10-5-4-9-18(19)15-21(24)29-26/h6-7,11-12,15-16H,3-5,8-10,13-14,28H2,1-2H3. The fraction of sp³-hybridized carbons (Fsp3) is 0.370. The smallest absolute Gasteiger partial charge is 0.330 e. The molecule has 2 heterocycles. The Balaban J connectivity index is 1.85. The van der Waals surface area contributed by atoms with Crippen molar-refractivity contribution in [2.45, 2.75) is 58.9 Å². The number of rotatable bonds is 6. The van der Waals surface area contributed by atoms with Crippen LogP contribution in [0.5, 0.6) is 0 Å². The molecule has 2 aromatic carbocycles. The highest BCUT2D eigenvalue weighted by Crippen LogP contribution is 2.34. The highest BCUT2D eigenvalue weighted by Gasteiger charge is 2.24. The molecule has 0 atom stereocenters. The highest BCUT2D eigenvalue weighted by atomic mass is 16.7. The Bertz CT molecular complexity index is 1460. The molecule has 1 aliphatic carbocycles. The van der Waals surface area contributed by atoms with Crippen molar-refractivity contribution in [1.82, 2.24) is 14.3 Å². The zero-order valence-corrected chi connectivity index (χ0v) is 19.8. The summed E-state index contributed by atoms with van der Waals surface area (Å²) >= 11 is 0. The van der Waals surface area contributed by atoms with Crippen LogP contribution < -0.4 is 16.1 Å². The summed E-state index contributed by atoms with van der Waals surface area (Å²) in [6.45, 7) is 4.74. The summed E-state index contributed by atoms with van der Waals surface area (Å²) in [5.41, 5.74) is 12.2. The second kappa shape index (κ2) is 9.06. The van der Waals surface area contributed by atoms with E-state index in [1.54, 1.807) is 0 Å². The third-order valence-corrected chi connectivity index (χ3v) is 6.73. The molecule has 5 rings (SSSR count). The quantitative estimate of drug-likeness (QED) is 0.475. The largest absolute Gasteiger partial charge is 0.344 e. The summed E-state index contributed by atoms with van der Waals surface area (Å²) in [5.74, 6) is -0.542. The lowest BCUT2D eigenvalue weighted by Crippen LogP contribution is -2.32. The molecule has 0 saturated heterocycles. The maximum Gasteiger partial charge on any atom is 0.330 e. The number of aromatic nitrogens is 3. The lowest BCUT2D eigenvalue weighted by molar-refractivity contribution is -0.141. The van der Waals surface area contributed by atoms with Crippen LogP contribution in [0.4, 0.5) is 0 Å². The Morgan fingerprint density at radius 2 is 1.85 bits per heavy atom. The third-order valence-electron chi connectivity index (χ3n) is 6.73. The van der Waals surface area contributed by atoms with E-state index in [1.165, 1.54) is 18.1 Å². The van der Waals surface area contributed by atoms with Crippen molar-refractivity contribution in [3.05, 3.63) is 63.6 Å². The van der Waals surface area contributed by atoms with Crippen LogP contribution in [0.2, 0.25) is 0 Å². The summed E-state index contributed by atoms with van der Waals surface area (Å²) in [5, 5.41) is 0.965. The first-order valence-electron chi connectivity index (χ1n) is 12.1. The lowest BCUT2D eigenvalue weighted by Gasteiger charge is -2.18. The van der Waals surface area contributed by atoms with Gasteiger partial charge in [-0.2, -0.15) is 0 Å². The number of fused-ring (bicyclic) bond motifs is 3. The van der Waals surface area contributed by atoms with E-state index in [0.29, 0.717) is 23.3 Å². The molecule has 2 aromatic heterocycles. The first-order valence-corrected chi connectivity index (χ1v) is 12.1. The molecule has 0 unspecified atom stereocenters. The first-order chi connectivity index (χ1) is 16.5. The Morgan fingerprint density at radius 3 is 2.56 bits per heavy atom. The molecule has 7 heteroatoms. The van der Waals surface area contributed by atoms with E-state index < -0.39 is 11.5 Å². The fourth-order valence-electron chi connectivity index (χ4n) is 5.26. The van der Waals surface area contributed by atoms with Crippen LogP contribution in [0.1, 0.15) is 49.9 Å². The third kappa shape index (κ3) is 3.70. The van der Waals surface area contributed by atoms with Crippen molar-refractivity contribution in [2.75, 3.05) is 6.54 Å². The van der Waals surface area contributed by atoms with Crippen LogP contribution in [0.15, 0.2) is 41.2 Å². The van der Waals surface area contributed by atoms with Gasteiger partial charge in [-0.05, 0) is 74.4 Å². The Kier molecular flexibility index (Phi) is 5.96. The Morgan fingerprint density at radius 1 is 1.12 bits per heavy atom. The number of carbonyl (C=O) groups is 1. The predicted octanol–water partition coefficient (Wildman–Crippen LogP) is 3.78. The van der Waals surface area contributed by atoms with Crippen molar-refractivity contribution in [3.8, 4) is 11.3 Å². The minimum atomic E-state index is -0.542. The van der Waals surface area contributed by atoms with Gasteiger partial charge in [-0.3, -0.25) is 4.79 Å². The number of hydrogen-bond donors (Lipinski definition) is 1. The zero-order chi connectivity index (χ0) is 23.8. The molecule has 4 aromatic rings. The molecule has 0 spiro atoms. The average molecular weight is 459 g/mol. The maximum absolute atomic E-state index is 13.8. The van der Waals surface area contributed by atoms with Gasteiger partial charge in [0.1, 0.15) is 11.2 Å². The number of para-hydroxylation sites is 1. The minimum Gasteiger partial charge on any atom is -0.344 e. The van der Waals surface area contributed by atoms with Gasteiger partial charge in [0.15, 0.2) is 0 Å². The van der Waals surface area contributed by atoms with E-state index in [0.717, 1.165) is 72.0 Å². The molecule has 34 heavy (non-hydrogen) atoms. The Labute approximate surface area is 198 Å². The van der Waals surface area contributed by atoms with Gasteiger partial charge < -0.3 is 15.1 Å². The molecule has 0 bridgehead atoms. The molecule has 0 radical (unpaired) electrons. The van der Waals surface area contributed by atoms with E-state index in [9.17, 15) is 9.59 Å². The number of hydrogen-bond acceptors (Lipinski definition) is 5. The SMILES string of the molecule is CCc1c(-c2nc3cc4c(cc3n(OC(C)=O)c2=O)CCCC4)c2ccccc2n1CCCN. The molecule has 1 aliphatic rings. The predicted molar refractivity (Wildman–Crippen MR) is 134 cm³/mol. The molecule has 2 N–H and O–H groups in total.